The minimum atomic E-state index is 0.171. The monoisotopic (exact) mass is 535 g/mol. The van der Waals surface area contributed by atoms with Gasteiger partial charge in [0.25, 0.3) is 0 Å². The summed E-state index contributed by atoms with van der Waals surface area (Å²) in [4.78, 5) is 2.35. The number of pyridine rings is 1. The van der Waals surface area contributed by atoms with Gasteiger partial charge in [-0.25, -0.2) is 4.57 Å². The van der Waals surface area contributed by atoms with Gasteiger partial charge in [0, 0.05) is 22.8 Å². The Kier molecular flexibility index (Phi) is 5.86. The van der Waals surface area contributed by atoms with Gasteiger partial charge in [-0.15, -0.1) is 0 Å². The lowest BCUT2D eigenvalue weighted by Gasteiger charge is -2.32. The Labute approximate surface area is 242 Å². The van der Waals surface area contributed by atoms with Crippen LogP contribution in [-0.4, -0.2) is 0 Å². The summed E-state index contributed by atoms with van der Waals surface area (Å²) in [5, 5.41) is 4.79. The highest BCUT2D eigenvalue weighted by Crippen LogP contribution is 2.56. The zero-order valence-electron chi connectivity index (χ0n) is 24.4. The Balaban J connectivity index is 1.61. The highest BCUT2D eigenvalue weighted by Gasteiger charge is 2.35. The van der Waals surface area contributed by atoms with Crippen LogP contribution in [0.1, 0.15) is 31.9 Å². The molecule has 0 aliphatic carbocycles. The highest BCUT2D eigenvalue weighted by molar-refractivity contribution is 6.12. The average molecular weight is 536 g/mol. The second-order valence-corrected chi connectivity index (χ2v) is 12.4. The zero-order valence-corrected chi connectivity index (χ0v) is 24.4. The molecule has 202 valence electrons. The molecule has 6 aromatic rings. The molecule has 0 spiro atoms. The van der Waals surface area contributed by atoms with Crippen molar-refractivity contribution in [1.29, 1.82) is 0 Å². The van der Waals surface area contributed by atoms with Gasteiger partial charge in [0.1, 0.15) is 12.8 Å². The fraction of sp³-hybridized carbons (Fsp3) is 0.184. The summed E-state index contributed by atoms with van der Waals surface area (Å²) in [5.74, 6) is 1.83. The van der Waals surface area contributed by atoms with Crippen LogP contribution in [0.4, 0.5) is 17.1 Å². The normalized spacial score (nSPS) is 12.3. The number of hydrogen-bond acceptors (Lipinski definition) is 2. The van der Waals surface area contributed by atoms with Gasteiger partial charge in [0.15, 0.2) is 11.9 Å². The molecule has 3 heteroatoms. The van der Waals surface area contributed by atoms with E-state index in [1.807, 2.05) is 0 Å². The fourth-order valence-corrected chi connectivity index (χ4v) is 6.46. The maximum atomic E-state index is 7.15. The fourth-order valence-electron chi connectivity index (χ4n) is 6.46. The van der Waals surface area contributed by atoms with Crippen LogP contribution in [0, 0.1) is 12.3 Å². The van der Waals surface area contributed by atoms with Crippen molar-refractivity contribution in [2.75, 3.05) is 4.90 Å². The van der Waals surface area contributed by atoms with Gasteiger partial charge in [-0.2, -0.15) is 0 Å². The quantitative estimate of drug-likeness (QED) is 0.209. The van der Waals surface area contributed by atoms with E-state index in [1.165, 1.54) is 38.4 Å². The van der Waals surface area contributed by atoms with Crippen molar-refractivity contribution in [1.82, 2.24) is 0 Å². The van der Waals surface area contributed by atoms with Crippen LogP contribution in [0.2, 0.25) is 0 Å². The van der Waals surface area contributed by atoms with Crippen molar-refractivity contribution in [3.8, 4) is 22.8 Å². The largest absolute Gasteiger partial charge is 0.453 e. The van der Waals surface area contributed by atoms with Gasteiger partial charge in [0.05, 0.1) is 16.6 Å². The first-order valence-electron chi connectivity index (χ1n) is 14.4. The molecule has 0 bridgehead atoms. The predicted molar refractivity (Wildman–Crippen MR) is 171 cm³/mol. The first kappa shape index (κ1) is 25.3. The van der Waals surface area contributed by atoms with Crippen LogP contribution in [0.3, 0.4) is 0 Å². The number of nitrogens with zero attached hydrogens (tertiary/aromatic N) is 2. The SMILES string of the molecule is Cc1c2c(c(N(c3ccccc3)c3ccccc3)c3ccccc13)Oc1cc(CC(C)(C)C)cc3cc[n+](C)c-2c13. The molecule has 0 saturated carbocycles. The van der Waals surface area contributed by atoms with E-state index < -0.39 is 0 Å². The Morgan fingerprint density at radius 1 is 0.756 bits per heavy atom. The maximum absolute atomic E-state index is 7.15. The van der Waals surface area contributed by atoms with Crippen LogP contribution in [0.15, 0.2) is 109 Å². The number of rotatable bonds is 4. The number of hydrogen-bond donors (Lipinski definition) is 0. The molecule has 0 fully saturated rings. The lowest BCUT2D eigenvalue weighted by Crippen LogP contribution is -2.32. The topological polar surface area (TPSA) is 16.4 Å². The second kappa shape index (κ2) is 9.49. The van der Waals surface area contributed by atoms with E-state index in [1.54, 1.807) is 0 Å². The third-order valence-corrected chi connectivity index (χ3v) is 8.10. The standard InChI is InChI=1S/C38H35N2O/c1-25-30-18-12-13-19-31(30)35(40(28-14-8-6-9-15-28)29-16-10-7-11-17-29)37-33(25)36-34-27(20-21-39(36)5)22-26(23-32(34)41-37)24-38(2,3)4/h6-23H,24H2,1-5H3/q+1. The van der Waals surface area contributed by atoms with E-state index in [2.05, 4.69) is 154 Å². The van der Waals surface area contributed by atoms with Crippen molar-refractivity contribution < 1.29 is 9.30 Å². The minimum Gasteiger partial charge on any atom is -0.453 e. The number of fused-ring (bicyclic) bond motifs is 3. The van der Waals surface area contributed by atoms with Gasteiger partial charge >= 0.3 is 0 Å². The zero-order chi connectivity index (χ0) is 28.3. The lowest BCUT2D eigenvalue weighted by molar-refractivity contribution is -0.659. The number of anilines is 3. The molecule has 0 N–H and O–H groups in total. The molecule has 1 aliphatic heterocycles. The van der Waals surface area contributed by atoms with Crippen LogP contribution < -0.4 is 14.2 Å². The van der Waals surface area contributed by atoms with Gasteiger partial charge < -0.3 is 9.64 Å². The van der Waals surface area contributed by atoms with Crippen LogP contribution in [-0.2, 0) is 13.5 Å². The molecule has 0 atom stereocenters. The first-order chi connectivity index (χ1) is 19.8. The smallest absolute Gasteiger partial charge is 0.228 e. The van der Waals surface area contributed by atoms with E-state index in [0.717, 1.165) is 40.5 Å². The molecule has 0 amide bonds. The predicted octanol–water partition coefficient (Wildman–Crippen LogP) is 9.96. The van der Waals surface area contributed by atoms with Crippen molar-refractivity contribution in [2.45, 2.75) is 34.1 Å². The molecule has 2 heterocycles. The lowest BCUT2D eigenvalue weighted by atomic mass is 9.86. The van der Waals surface area contributed by atoms with Crippen molar-refractivity contribution in [3.05, 3.63) is 120 Å². The summed E-state index contributed by atoms with van der Waals surface area (Å²) in [5.41, 5.74) is 8.29. The molecule has 41 heavy (non-hydrogen) atoms. The van der Waals surface area contributed by atoms with Crippen LogP contribution in [0.25, 0.3) is 32.8 Å². The van der Waals surface area contributed by atoms with E-state index in [-0.39, 0.29) is 5.41 Å². The Bertz CT molecular complexity index is 1900. The van der Waals surface area contributed by atoms with Crippen molar-refractivity contribution in [2.24, 2.45) is 12.5 Å². The molecular formula is C38H35N2O+. The van der Waals surface area contributed by atoms with Gasteiger partial charge in [-0.05, 0) is 71.0 Å². The van der Waals surface area contributed by atoms with Crippen LogP contribution in [0.5, 0.6) is 11.5 Å². The third kappa shape index (κ3) is 4.24. The number of aryl methyl sites for hydroxylation is 2. The number of ether oxygens (including phenoxy) is 1. The van der Waals surface area contributed by atoms with E-state index in [9.17, 15) is 0 Å². The van der Waals surface area contributed by atoms with Crippen molar-refractivity contribution in [3.63, 3.8) is 0 Å². The summed E-state index contributed by atoms with van der Waals surface area (Å²) < 4.78 is 9.41. The Hall–Kier alpha value is -4.63. The number of para-hydroxylation sites is 2. The summed E-state index contributed by atoms with van der Waals surface area (Å²) in [7, 11) is 2.15. The van der Waals surface area contributed by atoms with Gasteiger partial charge in [-0.1, -0.05) is 87.5 Å². The second-order valence-electron chi connectivity index (χ2n) is 12.4. The molecular weight excluding hydrogens is 500 g/mol. The van der Waals surface area contributed by atoms with E-state index in [0.29, 0.717) is 0 Å². The molecule has 1 aliphatic rings. The number of aromatic nitrogens is 1. The first-order valence-corrected chi connectivity index (χ1v) is 14.4. The van der Waals surface area contributed by atoms with Crippen LogP contribution >= 0.6 is 0 Å². The molecule has 0 radical (unpaired) electrons. The Morgan fingerprint density at radius 2 is 1.37 bits per heavy atom. The highest BCUT2D eigenvalue weighted by atomic mass is 16.5. The minimum absolute atomic E-state index is 0.171. The molecule has 5 aromatic carbocycles. The maximum Gasteiger partial charge on any atom is 0.228 e. The van der Waals surface area contributed by atoms with Crippen molar-refractivity contribution >= 4 is 38.6 Å². The summed E-state index contributed by atoms with van der Waals surface area (Å²) in [6, 6.07) is 36.8. The third-order valence-electron chi connectivity index (χ3n) is 8.10. The molecule has 3 nitrogen and oxygen atoms in total. The summed E-state index contributed by atoms with van der Waals surface area (Å²) in [6.45, 7) is 9.11. The molecule has 0 saturated heterocycles. The Morgan fingerprint density at radius 3 is 2.00 bits per heavy atom. The van der Waals surface area contributed by atoms with Gasteiger partial charge in [-0.3, -0.25) is 0 Å². The molecule has 1 aromatic heterocycles. The number of benzene rings is 5. The summed E-state index contributed by atoms with van der Waals surface area (Å²) in [6.07, 6.45) is 3.17. The summed E-state index contributed by atoms with van der Waals surface area (Å²) >= 11 is 0. The van der Waals surface area contributed by atoms with E-state index >= 15 is 0 Å². The van der Waals surface area contributed by atoms with E-state index in [4.69, 9.17) is 4.74 Å². The average Bonchev–Trinajstić information content (AvgIpc) is 2.96. The molecule has 7 rings (SSSR count). The molecule has 0 unspecified atom stereocenters. The van der Waals surface area contributed by atoms with Gasteiger partial charge in [0.2, 0.25) is 5.69 Å².